The number of hydrogen-bond acceptors (Lipinski definition) is 5. The molecule has 0 bridgehead atoms. The van der Waals surface area contributed by atoms with E-state index in [0.29, 0.717) is 56.2 Å². The fourth-order valence-corrected chi connectivity index (χ4v) is 3.08. The second-order valence-electron chi connectivity index (χ2n) is 7.46. The number of ketones is 1. The van der Waals surface area contributed by atoms with Crippen LogP contribution in [-0.2, 0) is 4.74 Å². The summed E-state index contributed by atoms with van der Waals surface area (Å²) in [4.78, 5) is 26.5. The molecule has 0 spiro atoms. The van der Waals surface area contributed by atoms with E-state index in [0.717, 1.165) is 0 Å². The van der Waals surface area contributed by atoms with Crippen molar-refractivity contribution in [1.82, 2.24) is 4.90 Å². The Morgan fingerprint density at radius 3 is 2.36 bits per heavy atom. The van der Waals surface area contributed by atoms with Crippen molar-refractivity contribution in [3.05, 3.63) is 23.8 Å². The third kappa shape index (κ3) is 4.24. The van der Waals surface area contributed by atoms with E-state index in [9.17, 15) is 9.59 Å². The highest BCUT2D eigenvalue weighted by Gasteiger charge is 2.30. The Bertz CT molecular complexity index is 656. The average molecular weight is 347 g/mol. The molecule has 0 atom stereocenters. The van der Waals surface area contributed by atoms with Gasteiger partial charge in [0.25, 0.3) is 0 Å². The first-order chi connectivity index (χ1) is 11.8. The van der Waals surface area contributed by atoms with E-state index in [2.05, 4.69) is 0 Å². The molecule has 0 aliphatic carbocycles. The van der Waals surface area contributed by atoms with Gasteiger partial charge in [-0.1, -0.05) is 0 Å². The van der Waals surface area contributed by atoms with Gasteiger partial charge in [0.2, 0.25) is 0 Å². The van der Waals surface area contributed by atoms with Crippen LogP contribution in [0, 0.1) is 5.92 Å². The largest absolute Gasteiger partial charge is 0.486 e. The minimum atomic E-state index is -0.505. The van der Waals surface area contributed by atoms with E-state index in [1.807, 2.05) is 20.8 Å². The maximum atomic E-state index is 12.8. The Balaban J connectivity index is 1.59. The van der Waals surface area contributed by atoms with Gasteiger partial charge < -0.3 is 19.1 Å². The number of fused-ring (bicyclic) bond motifs is 1. The normalized spacial score (nSPS) is 18.0. The molecule has 0 N–H and O–H groups in total. The Labute approximate surface area is 148 Å². The molecule has 0 radical (unpaired) electrons. The van der Waals surface area contributed by atoms with E-state index in [4.69, 9.17) is 14.2 Å². The number of Topliss-reactive ketones (excluding diaryl/α,β-unsaturated/α-hetero) is 1. The molecule has 1 saturated heterocycles. The van der Waals surface area contributed by atoms with Gasteiger partial charge in [0.1, 0.15) is 18.8 Å². The molecular weight excluding hydrogens is 322 g/mol. The predicted octanol–water partition coefficient (Wildman–Crippen LogP) is 3.29. The number of nitrogens with zero attached hydrogens (tertiary/aromatic N) is 1. The Morgan fingerprint density at radius 2 is 1.72 bits per heavy atom. The summed E-state index contributed by atoms with van der Waals surface area (Å²) in [6, 6.07) is 5.34. The molecule has 0 unspecified atom stereocenters. The smallest absolute Gasteiger partial charge is 0.410 e. The molecule has 1 aromatic rings. The van der Waals surface area contributed by atoms with E-state index in [-0.39, 0.29) is 17.8 Å². The quantitative estimate of drug-likeness (QED) is 0.768. The van der Waals surface area contributed by atoms with Gasteiger partial charge in [0.05, 0.1) is 0 Å². The summed E-state index contributed by atoms with van der Waals surface area (Å²) in [5, 5.41) is 0. The van der Waals surface area contributed by atoms with Crippen LogP contribution in [0.5, 0.6) is 11.5 Å². The highest BCUT2D eigenvalue weighted by atomic mass is 16.6. The van der Waals surface area contributed by atoms with Crippen molar-refractivity contribution >= 4 is 11.9 Å². The van der Waals surface area contributed by atoms with Crippen molar-refractivity contribution in [3.63, 3.8) is 0 Å². The monoisotopic (exact) mass is 347 g/mol. The molecule has 1 amide bonds. The second-order valence-corrected chi connectivity index (χ2v) is 7.46. The molecule has 0 aromatic heterocycles. The summed E-state index contributed by atoms with van der Waals surface area (Å²) >= 11 is 0. The van der Waals surface area contributed by atoms with Crippen LogP contribution in [0.3, 0.4) is 0 Å². The molecule has 0 saturated carbocycles. The summed E-state index contributed by atoms with van der Waals surface area (Å²) in [5.41, 5.74) is 0.134. The molecule has 136 valence electrons. The lowest BCUT2D eigenvalue weighted by Gasteiger charge is -2.33. The molecule has 25 heavy (non-hydrogen) atoms. The predicted molar refractivity (Wildman–Crippen MR) is 92.3 cm³/mol. The zero-order valence-electron chi connectivity index (χ0n) is 15.0. The number of piperidine rings is 1. The van der Waals surface area contributed by atoms with Crippen LogP contribution in [0.15, 0.2) is 18.2 Å². The number of hydrogen-bond donors (Lipinski definition) is 0. The fourth-order valence-electron chi connectivity index (χ4n) is 3.08. The van der Waals surface area contributed by atoms with Crippen LogP contribution in [0.4, 0.5) is 4.79 Å². The van der Waals surface area contributed by atoms with Crippen molar-refractivity contribution < 1.29 is 23.8 Å². The Hall–Kier alpha value is -2.24. The molecular formula is C19H25NO5. The second kappa shape index (κ2) is 6.94. The van der Waals surface area contributed by atoms with Gasteiger partial charge in [0, 0.05) is 24.6 Å². The summed E-state index contributed by atoms with van der Waals surface area (Å²) < 4.78 is 16.4. The number of likely N-dealkylation sites (tertiary alicyclic amines) is 1. The molecule has 3 rings (SSSR count). The number of benzene rings is 1. The zero-order valence-corrected chi connectivity index (χ0v) is 15.0. The first-order valence-electron chi connectivity index (χ1n) is 8.75. The Morgan fingerprint density at radius 1 is 1.08 bits per heavy atom. The number of carbonyl (C=O) groups is 2. The van der Waals surface area contributed by atoms with Gasteiger partial charge in [-0.3, -0.25) is 4.79 Å². The van der Waals surface area contributed by atoms with Crippen molar-refractivity contribution in [2.75, 3.05) is 26.3 Å². The molecule has 6 nitrogen and oxygen atoms in total. The lowest BCUT2D eigenvalue weighted by molar-refractivity contribution is 0.0182. The minimum absolute atomic E-state index is 0.0822. The number of ether oxygens (including phenoxy) is 3. The van der Waals surface area contributed by atoms with Crippen molar-refractivity contribution in [2.24, 2.45) is 5.92 Å². The maximum absolute atomic E-state index is 12.8. The molecule has 1 aromatic carbocycles. The fraction of sp³-hybridized carbons (Fsp3) is 0.579. The molecule has 2 aliphatic rings. The summed E-state index contributed by atoms with van der Waals surface area (Å²) in [6.07, 6.45) is 0.983. The van der Waals surface area contributed by atoms with Crippen LogP contribution < -0.4 is 9.47 Å². The highest BCUT2D eigenvalue weighted by Crippen LogP contribution is 2.32. The standard InChI is InChI=1S/C19H25NO5/c1-19(2,3)25-18(22)20-8-6-13(7-9-20)17(21)14-4-5-15-16(12-14)24-11-10-23-15/h4-5,12-13H,6-11H2,1-3H3. The minimum Gasteiger partial charge on any atom is -0.486 e. The van der Waals surface area contributed by atoms with Crippen molar-refractivity contribution in [3.8, 4) is 11.5 Å². The van der Waals surface area contributed by atoms with E-state index in [1.165, 1.54) is 0 Å². The van der Waals surface area contributed by atoms with Crippen LogP contribution in [0.2, 0.25) is 0 Å². The number of carbonyl (C=O) groups excluding carboxylic acids is 2. The van der Waals surface area contributed by atoms with Crippen LogP contribution in [0.1, 0.15) is 44.0 Å². The maximum Gasteiger partial charge on any atom is 0.410 e. The van der Waals surface area contributed by atoms with Gasteiger partial charge in [-0.25, -0.2) is 4.79 Å². The van der Waals surface area contributed by atoms with Crippen molar-refractivity contribution in [2.45, 2.75) is 39.2 Å². The molecule has 6 heteroatoms. The van der Waals surface area contributed by atoms with E-state index >= 15 is 0 Å². The number of rotatable bonds is 2. The van der Waals surface area contributed by atoms with E-state index in [1.54, 1.807) is 23.1 Å². The van der Waals surface area contributed by atoms with Crippen LogP contribution >= 0.6 is 0 Å². The van der Waals surface area contributed by atoms with Crippen molar-refractivity contribution in [1.29, 1.82) is 0 Å². The molecule has 2 heterocycles. The van der Waals surface area contributed by atoms with Gasteiger partial charge >= 0.3 is 6.09 Å². The highest BCUT2D eigenvalue weighted by molar-refractivity contribution is 5.98. The molecule has 2 aliphatic heterocycles. The first kappa shape index (κ1) is 17.6. The van der Waals surface area contributed by atoms with Gasteiger partial charge in [-0.05, 0) is 51.8 Å². The SMILES string of the molecule is CC(C)(C)OC(=O)N1CCC(C(=O)c2ccc3c(c2)OCCO3)CC1. The Kier molecular flexibility index (Phi) is 4.88. The lowest BCUT2D eigenvalue weighted by atomic mass is 9.89. The summed E-state index contributed by atoms with van der Waals surface area (Å²) in [6.45, 7) is 7.66. The summed E-state index contributed by atoms with van der Waals surface area (Å²) in [7, 11) is 0. The number of amides is 1. The average Bonchev–Trinajstić information content (AvgIpc) is 2.59. The summed E-state index contributed by atoms with van der Waals surface area (Å²) in [5.74, 6) is 1.33. The third-order valence-corrected chi connectivity index (χ3v) is 4.34. The van der Waals surface area contributed by atoms with E-state index < -0.39 is 5.60 Å². The topological polar surface area (TPSA) is 65.1 Å². The zero-order chi connectivity index (χ0) is 18.0. The van der Waals surface area contributed by atoms with Crippen LogP contribution in [-0.4, -0.2) is 48.7 Å². The van der Waals surface area contributed by atoms with Gasteiger partial charge in [0.15, 0.2) is 17.3 Å². The van der Waals surface area contributed by atoms with Gasteiger partial charge in [-0.15, -0.1) is 0 Å². The van der Waals surface area contributed by atoms with Gasteiger partial charge in [-0.2, -0.15) is 0 Å². The van der Waals surface area contributed by atoms with Crippen LogP contribution in [0.25, 0.3) is 0 Å². The first-order valence-corrected chi connectivity index (χ1v) is 8.75. The third-order valence-electron chi connectivity index (χ3n) is 4.34. The molecule has 1 fully saturated rings. The lowest BCUT2D eigenvalue weighted by Crippen LogP contribution is -2.43.